The van der Waals surface area contributed by atoms with Crippen LogP contribution in [0, 0.1) is 5.92 Å². The maximum Gasteiger partial charge on any atom is 0.256 e. The average molecular weight is 292 g/mol. The molecule has 0 radical (unpaired) electrons. The summed E-state index contributed by atoms with van der Waals surface area (Å²) in [6.07, 6.45) is 6.77. The number of hydrogen-bond acceptors (Lipinski definition) is 4. The highest BCUT2D eigenvalue weighted by Crippen LogP contribution is 2.35. The van der Waals surface area contributed by atoms with E-state index in [-0.39, 0.29) is 11.7 Å². The molecule has 1 unspecified atom stereocenters. The molecule has 2 heterocycles. The molecule has 1 aliphatic carbocycles. The zero-order valence-corrected chi connectivity index (χ0v) is 12.7. The van der Waals surface area contributed by atoms with Gasteiger partial charge in [0.05, 0.1) is 24.5 Å². The van der Waals surface area contributed by atoms with Gasteiger partial charge in [0.2, 0.25) is 0 Å². The Balaban J connectivity index is 1.91. The first-order valence-electron chi connectivity index (χ1n) is 8.11. The minimum absolute atomic E-state index is 0.0600. The van der Waals surface area contributed by atoms with Gasteiger partial charge in [0.15, 0.2) is 0 Å². The van der Waals surface area contributed by atoms with Gasteiger partial charge in [-0.25, -0.2) is 4.98 Å². The number of hydrogen-bond donors (Lipinski definition) is 1. The molecule has 5 heteroatoms. The fraction of sp³-hybridized carbons (Fsp3) is 0.750. The molecular weight excluding hydrogens is 268 g/mol. The van der Waals surface area contributed by atoms with E-state index < -0.39 is 0 Å². The number of nitrogens with one attached hydrogen (secondary N) is 1. The molecule has 1 aromatic heterocycles. The summed E-state index contributed by atoms with van der Waals surface area (Å²) < 4.78 is 11.3. The standard InChI is InChI=1S/C16H24N2O3/c1-2-21-14(11-6-4-3-5-7-11)15-17-13-8-9-20-10-12(13)16(19)18-15/h11,14H,2-10H2,1H3,(H,17,18,19). The smallest absolute Gasteiger partial charge is 0.256 e. The predicted molar refractivity (Wildman–Crippen MR) is 79.2 cm³/mol. The van der Waals surface area contributed by atoms with Gasteiger partial charge < -0.3 is 14.5 Å². The highest BCUT2D eigenvalue weighted by Gasteiger charge is 2.29. The zero-order chi connectivity index (χ0) is 14.7. The topological polar surface area (TPSA) is 64.2 Å². The number of H-pyrrole nitrogens is 1. The van der Waals surface area contributed by atoms with E-state index in [0.717, 1.165) is 30.8 Å². The molecule has 21 heavy (non-hydrogen) atoms. The third-order valence-corrected chi connectivity index (χ3v) is 4.54. The molecule has 116 valence electrons. The van der Waals surface area contributed by atoms with Crippen molar-refractivity contribution in [1.29, 1.82) is 0 Å². The third kappa shape index (κ3) is 3.19. The van der Waals surface area contributed by atoms with Crippen molar-refractivity contribution in [2.75, 3.05) is 13.2 Å². The van der Waals surface area contributed by atoms with Crippen LogP contribution in [-0.4, -0.2) is 23.2 Å². The highest BCUT2D eigenvalue weighted by molar-refractivity contribution is 5.20. The molecule has 1 N–H and O–H groups in total. The Morgan fingerprint density at radius 2 is 2.19 bits per heavy atom. The van der Waals surface area contributed by atoms with Gasteiger partial charge in [0.25, 0.3) is 5.56 Å². The molecule has 1 saturated carbocycles. The van der Waals surface area contributed by atoms with E-state index >= 15 is 0 Å². The first-order chi connectivity index (χ1) is 10.3. The Kier molecular flexibility index (Phi) is 4.70. The monoisotopic (exact) mass is 292 g/mol. The maximum absolute atomic E-state index is 12.2. The predicted octanol–water partition coefficient (Wildman–Crippen LogP) is 2.50. The Morgan fingerprint density at radius 1 is 1.38 bits per heavy atom. The lowest BCUT2D eigenvalue weighted by Crippen LogP contribution is -2.29. The minimum atomic E-state index is -0.0730. The summed E-state index contributed by atoms with van der Waals surface area (Å²) in [5.74, 6) is 1.19. The lowest BCUT2D eigenvalue weighted by atomic mass is 9.84. The SMILES string of the molecule is CCOC(c1nc2c(c(=O)[nH]1)COCC2)C1CCCCC1. The van der Waals surface area contributed by atoms with Crippen LogP contribution < -0.4 is 5.56 Å². The summed E-state index contributed by atoms with van der Waals surface area (Å²) in [6.45, 7) is 3.66. The van der Waals surface area contributed by atoms with Gasteiger partial charge in [-0.1, -0.05) is 19.3 Å². The normalized spacial score (nSPS) is 21.0. The zero-order valence-electron chi connectivity index (χ0n) is 12.7. The van der Waals surface area contributed by atoms with Gasteiger partial charge in [-0.05, 0) is 25.7 Å². The molecule has 0 spiro atoms. The Labute approximate surface area is 125 Å². The van der Waals surface area contributed by atoms with Crippen molar-refractivity contribution in [3.63, 3.8) is 0 Å². The van der Waals surface area contributed by atoms with Crippen molar-refractivity contribution in [1.82, 2.24) is 9.97 Å². The first-order valence-corrected chi connectivity index (χ1v) is 8.11. The van der Waals surface area contributed by atoms with Crippen molar-refractivity contribution >= 4 is 0 Å². The van der Waals surface area contributed by atoms with Crippen molar-refractivity contribution in [3.05, 3.63) is 27.4 Å². The second kappa shape index (κ2) is 6.71. The van der Waals surface area contributed by atoms with Crippen molar-refractivity contribution < 1.29 is 9.47 Å². The average Bonchev–Trinajstić information content (AvgIpc) is 2.53. The maximum atomic E-state index is 12.2. The largest absolute Gasteiger partial charge is 0.376 e. The Morgan fingerprint density at radius 3 is 2.95 bits per heavy atom. The van der Waals surface area contributed by atoms with Crippen LogP contribution in [0.5, 0.6) is 0 Å². The van der Waals surface area contributed by atoms with Crippen molar-refractivity contribution in [3.8, 4) is 0 Å². The lowest BCUT2D eigenvalue weighted by Gasteiger charge is -2.30. The van der Waals surface area contributed by atoms with Crippen molar-refractivity contribution in [2.24, 2.45) is 5.92 Å². The highest BCUT2D eigenvalue weighted by atomic mass is 16.5. The molecule has 0 aromatic carbocycles. The second-order valence-electron chi connectivity index (χ2n) is 5.95. The molecule has 3 rings (SSSR count). The number of fused-ring (bicyclic) bond motifs is 1. The molecule has 1 fully saturated rings. The van der Waals surface area contributed by atoms with Gasteiger partial charge >= 0.3 is 0 Å². The molecule has 0 amide bonds. The number of aromatic amines is 1. The van der Waals surface area contributed by atoms with Crippen LogP contribution in [0.15, 0.2) is 4.79 Å². The fourth-order valence-corrected chi connectivity index (χ4v) is 3.45. The van der Waals surface area contributed by atoms with Gasteiger partial charge in [0, 0.05) is 13.0 Å². The van der Waals surface area contributed by atoms with Crippen LogP contribution in [0.25, 0.3) is 0 Å². The van der Waals surface area contributed by atoms with Crippen LogP contribution in [0.2, 0.25) is 0 Å². The summed E-state index contributed by atoms with van der Waals surface area (Å²) in [6, 6.07) is 0. The van der Waals surface area contributed by atoms with Gasteiger partial charge in [-0.2, -0.15) is 0 Å². The van der Waals surface area contributed by atoms with Crippen LogP contribution in [0.1, 0.15) is 62.2 Å². The molecular formula is C16H24N2O3. The van der Waals surface area contributed by atoms with Crippen LogP contribution in [0.4, 0.5) is 0 Å². The van der Waals surface area contributed by atoms with E-state index in [4.69, 9.17) is 14.5 Å². The summed E-state index contributed by atoms with van der Waals surface area (Å²) in [5.41, 5.74) is 1.51. The molecule has 1 atom stereocenters. The number of rotatable bonds is 4. The van der Waals surface area contributed by atoms with E-state index in [1.807, 2.05) is 6.92 Å². The first kappa shape index (κ1) is 14.7. The molecule has 0 bridgehead atoms. The van der Waals surface area contributed by atoms with E-state index in [1.165, 1.54) is 19.3 Å². The molecule has 0 saturated heterocycles. The summed E-state index contributed by atoms with van der Waals surface area (Å²) >= 11 is 0. The Hall–Kier alpha value is -1.20. The molecule has 1 aliphatic heterocycles. The number of aromatic nitrogens is 2. The van der Waals surface area contributed by atoms with Gasteiger partial charge in [0.1, 0.15) is 11.9 Å². The lowest BCUT2D eigenvalue weighted by molar-refractivity contribution is -0.000881. The van der Waals surface area contributed by atoms with E-state index in [1.54, 1.807) is 0 Å². The van der Waals surface area contributed by atoms with E-state index in [2.05, 4.69) is 4.98 Å². The Bertz CT molecular complexity index is 535. The van der Waals surface area contributed by atoms with E-state index in [9.17, 15) is 4.79 Å². The van der Waals surface area contributed by atoms with Crippen LogP contribution in [0.3, 0.4) is 0 Å². The number of ether oxygens (including phenoxy) is 2. The van der Waals surface area contributed by atoms with Gasteiger partial charge in [-0.15, -0.1) is 0 Å². The number of nitrogens with zero attached hydrogens (tertiary/aromatic N) is 1. The van der Waals surface area contributed by atoms with Crippen LogP contribution in [-0.2, 0) is 22.5 Å². The molecule has 1 aromatic rings. The summed E-state index contributed by atoms with van der Waals surface area (Å²) in [4.78, 5) is 19.9. The molecule has 2 aliphatic rings. The minimum Gasteiger partial charge on any atom is -0.376 e. The molecule has 5 nitrogen and oxygen atoms in total. The van der Waals surface area contributed by atoms with Crippen molar-refractivity contribution in [2.45, 2.75) is 58.2 Å². The summed E-state index contributed by atoms with van der Waals surface area (Å²) in [7, 11) is 0. The quantitative estimate of drug-likeness (QED) is 0.926. The van der Waals surface area contributed by atoms with E-state index in [0.29, 0.717) is 31.3 Å². The van der Waals surface area contributed by atoms with Crippen LogP contribution >= 0.6 is 0 Å². The summed E-state index contributed by atoms with van der Waals surface area (Å²) in [5, 5.41) is 0. The second-order valence-corrected chi connectivity index (χ2v) is 5.95. The van der Waals surface area contributed by atoms with Gasteiger partial charge in [-0.3, -0.25) is 4.79 Å². The fourth-order valence-electron chi connectivity index (χ4n) is 3.45. The third-order valence-electron chi connectivity index (χ3n) is 4.54.